The number of hydrogen-bond acceptors (Lipinski definition) is 3. The first-order valence-electron chi connectivity index (χ1n) is 6.81. The summed E-state index contributed by atoms with van der Waals surface area (Å²) in [6.45, 7) is 3.95. The van der Waals surface area contributed by atoms with Crippen LogP contribution in [0, 0.1) is 6.92 Å². The maximum absolute atomic E-state index is 12.4. The van der Waals surface area contributed by atoms with Gasteiger partial charge in [0.15, 0.2) is 0 Å². The first kappa shape index (κ1) is 16.0. The lowest BCUT2D eigenvalue weighted by Gasteiger charge is -2.15. The molecule has 1 atom stereocenters. The number of carbonyl (C=O) groups excluding carboxylic acids is 1. The lowest BCUT2D eigenvalue weighted by atomic mass is 10.2. The summed E-state index contributed by atoms with van der Waals surface area (Å²) in [5.74, 6) is 1.57. The summed E-state index contributed by atoms with van der Waals surface area (Å²) in [5.41, 5.74) is 1.77. The Morgan fingerprint density at radius 2 is 2.24 bits per heavy atom. The Morgan fingerprint density at radius 3 is 2.90 bits per heavy atom. The summed E-state index contributed by atoms with van der Waals surface area (Å²) in [6, 6.07) is 9.26. The number of amides is 1. The molecule has 1 N–H and O–H groups in total. The Balaban J connectivity index is 1.97. The molecule has 0 spiro atoms. The van der Waals surface area contributed by atoms with E-state index >= 15 is 0 Å². The molecule has 1 aromatic carbocycles. The third kappa shape index (κ3) is 4.55. The van der Waals surface area contributed by atoms with Gasteiger partial charge >= 0.3 is 0 Å². The quantitative estimate of drug-likeness (QED) is 0.822. The number of nitrogens with one attached hydrogen (secondary N) is 1. The molecule has 0 aliphatic carbocycles. The number of anilines is 1. The number of carbonyl (C=O) groups is 1. The van der Waals surface area contributed by atoms with E-state index < -0.39 is 0 Å². The SMILES string of the molecule is CCC(SCc1ccco1)C(=O)Nc1cc(Cl)ccc1C. The fourth-order valence-electron chi connectivity index (χ4n) is 1.90. The highest BCUT2D eigenvalue weighted by atomic mass is 35.5. The molecule has 2 rings (SSSR count). The second-order valence-electron chi connectivity index (χ2n) is 4.74. The van der Waals surface area contributed by atoms with E-state index in [1.807, 2.05) is 38.1 Å². The molecule has 112 valence electrons. The van der Waals surface area contributed by atoms with Crippen LogP contribution in [0.3, 0.4) is 0 Å². The predicted octanol–water partition coefficient (Wildman–Crippen LogP) is 4.89. The van der Waals surface area contributed by atoms with Gasteiger partial charge in [-0.3, -0.25) is 4.79 Å². The van der Waals surface area contributed by atoms with E-state index in [1.54, 1.807) is 24.1 Å². The Labute approximate surface area is 134 Å². The van der Waals surface area contributed by atoms with Crippen LogP contribution in [0.15, 0.2) is 41.0 Å². The van der Waals surface area contributed by atoms with E-state index in [1.165, 1.54) is 0 Å². The van der Waals surface area contributed by atoms with Crippen LogP contribution in [0.1, 0.15) is 24.7 Å². The fourth-order valence-corrected chi connectivity index (χ4v) is 3.05. The van der Waals surface area contributed by atoms with Crippen molar-refractivity contribution in [3.8, 4) is 0 Å². The van der Waals surface area contributed by atoms with Crippen LogP contribution in [0.25, 0.3) is 0 Å². The Hall–Kier alpha value is -1.39. The predicted molar refractivity (Wildman–Crippen MR) is 88.9 cm³/mol. The standard InChI is InChI=1S/C16H18ClNO2S/c1-3-15(21-10-13-5-4-8-20-13)16(19)18-14-9-12(17)7-6-11(14)2/h4-9,15H,3,10H2,1-2H3,(H,18,19). The van der Waals surface area contributed by atoms with Gasteiger partial charge in [0.2, 0.25) is 5.91 Å². The van der Waals surface area contributed by atoms with Crippen LogP contribution in [0.4, 0.5) is 5.69 Å². The second-order valence-corrected chi connectivity index (χ2v) is 6.36. The minimum absolute atomic E-state index is 0.000534. The number of halogens is 1. The van der Waals surface area contributed by atoms with Crippen molar-refractivity contribution in [3.63, 3.8) is 0 Å². The largest absolute Gasteiger partial charge is 0.468 e. The summed E-state index contributed by atoms with van der Waals surface area (Å²) in [6.07, 6.45) is 2.41. The highest BCUT2D eigenvalue weighted by molar-refractivity contribution is 7.99. The van der Waals surface area contributed by atoms with Crippen molar-refractivity contribution in [2.45, 2.75) is 31.3 Å². The molecule has 3 nitrogen and oxygen atoms in total. The smallest absolute Gasteiger partial charge is 0.237 e. The second kappa shape index (κ2) is 7.57. The van der Waals surface area contributed by atoms with Crippen molar-refractivity contribution in [1.82, 2.24) is 0 Å². The number of hydrogen-bond donors (Lipinski definition) is 1. The zero-order valence-electron chi connectivity index (χ0n) is 12.1. The Bertz CT molecular complexity index is 598. The van der Waals surface area contributed by atoms with Crippen LogP contribution >= 0.6 is 23.4 Å². The zero-order chi connectivity index (χ0) is 15.2. The monoisotopic (exact) mass is 323 g/mol. The molecule has 0 aliphatic heterocycles. The van der Waals surface area contributed by atoms with Crippen molar-refractivity contribution in [2.75, 3.05) is 5.32 Å². The molecule has 2 aromatic rings. The first-order valence-corrected chi connectivity index (χ1v) is 8.23. The number of aryl methyl sites for hydroxylation is 1. The molecule has 21 heavy (non-hydrogen) atoms. The summed E-state index contributed by atoms with van der Waals surface area (Å²) in [5, 5.41) is 3.46. The van der Waals surface area contributed by atoms with Gasteiger partial charge in [-0.15, -0.1) is 11.8 Å². The van der Waals surface area contributed by atoms with Crippen LogP contribution in [-0.4, -0.2) is 11.2 Å². The molecule has 0 radical (unpaired) electrons. The molecule has 0 aliphatic rings. The first-order chi connectivity index (χ1) is 10.1. The molecule has 1 heterocycles. The zero-order valence-corrected chi connectivity index (χ0v) is 13.6. The average Bonchev–Trinajstić information content (AvgIpc) is 2.97. The third-order valence-corrected chi connectivity index (χ3v) is 4.76. The Morgan fingerprint density at radius 1 is 1.43 bits per heavy atom. The molecule has 0 saturated carbocycles. The van der Waals surface area contributed by atoms with Gasteiger partial charge in [-0.05, 0) is 43.2 Å². The molecular weight excluding hydrogens is 306 g/mol. The highest BCUT2D eigenvalue weighted by Crippen LogP contribution is 2.24. The minimum Gasteiger partial charge on any atom is -0.468 e. The van der Waals surface area contributed by atoms with E-state index in [0.717, 1.165) is 23.4 Å². The van der Waals surface area contributed by atoms with Crippen LogP contribution in [0.2, 0.25) is 5.02 Å². The molecule has 0 fully saturated rings. The van der Waals surface area contributed by atoms with Gasteiger partial charge in [-0.2, -0.15) is 0 Å². The van der Waals surface area contributed by atoms with E-state index in [4.69, 9.17) is 16.0 Å². The van der Waals surface area contributed by atoms with E-state index in [0.29, 0.717) is 10.8 Å². The van der Waals surface area contributed by atoms with Crippen LogP contribution in [-0.2, 0) is 10.5 Å². The maximum Gasteiger partial charge on any atom is 0.237 e. The summed E-state index contributed by atoms with van der Waals surface area (Å²) in [7, 11) is 0. The Kier molecular flexibility index (Phi) is 5.76. The van der Waals surface area contributed by atoms with Gasteiger partial charge in [-0.25, -0.2) is 0 Å². The van der Waals surface area contributed by atoms with E-state index in [-0.39, 0.29) is 11.2 Å². The topological polar surface area (TPSA) is 42.2 Å². The fraction of sp³-hybridized carbons (Fsp3) is 0.312. The normalized spacial score (nSPS) is 12.1. The van der Waals surface area contributed by atoms with Crippen LogP contribution < -0.4 is 5.32 Å². The number of rotatable bonds is 6. The molecule has 1 unspecified atom stereocenters. The average molecular weight is 324 g/mol. The molecule has 0 bridgehead atoms. The van der Waals surface area contributed by atoms with Gasteiger partial charge in [0.1, 0.15) is 5.76 Å². The highest BCUT2D eigenvalue weighted by Gasteiger charge is 2.18. The van der Waals surface area contributed by atoms with Crippen molar-refractivity contribution in [1.29, 1.82) is 0 Å². The van der Waals surface area contributed by atoms with Gasteiger partial charge in [0.25, 0.3) is 0 Å². The van der Waals surface area contributed by atoms with Crippen molar-refractivity contribution < 1.29 is 9.21 Å². The maximum atomic E-state index is 12.4. The van der Waals surface area contributed by atoms with E-state index in [9.17, 15) is 4.79 Å². The van der Waals surface area contributed by atoms with Gasteiger partial charge in [0.05, 0.1) is 17.3 Å². The lowest BCUT2D eigenvalue weighted by Crippen LogP contribution is -2.25. The number of thioether (sulfide) groups is 1. The summed E-state index contributed by atoms with van der Waals surface area (Å²) >= 11 is 7.55. The molecule has 1 aromatic heterocycles. The van der Waals surface area contributed by atoms with Gasteiger partial charge < -0.3 is 9.73 Å². The molecular formula is C16H18ClNO2S. The van der Waals surface area contributed by atoms with Crippen molar-refractivity contribution >= 4 is 35.0 Å². The minimum atomic E-state index is -0.117. The number of benzene rings is 1. The van der Waals surface area contributed by atoms with Crippen molar-refractivity contribution in [2.24, 2.45) is 0 Å². The van der Waals surface area contributed by atoms with Gasteiger partial charge in [0, 0.05) is 10.7 Å². The molecule has 5 heteroatoms. The van der Waals surface area contributed by atoms with Crippen molar-refractivity contribution in [3.05, 3.63) is 52.9 Å². The summed E-state index contributed by atoms with van der Waals surface area (Å²) in [4.78, 5) is 12.4. The van der Waals surface area contributed by atoms with E-state index in [2.05, 4.69) is 5.32 Å². The van der Waals surface area contributed by atoms with Gasteiger partial charge in [-0.1, -0.05) is 24.6 Å². The number of furan rings is 1. The lowest BCUT2D eigenvalue weighted by molar-refractivity contribution is -0.115. The molecule has 1 amide bonds. The third-order valence-electron chi connectivity index (χ3n) is 3.13. The van der Waals surface area contributed by atoms with Crippen LogP contribution in [0.5, 0.6) is 0 Å². The summed E-state index contributed by atoms with van der Waals surface area (Å²) < 4.78 is 5.29. The molecule has 0 saturated heterocycles.